The molecule has 0 radical (unpaired) electrons. The first-order chi connectivity index (χ1) is 13.4. The number of carbonyl (C=O) groups excluding carboxylic acids is 3. The summed E-state index contributed by atoms with van der Waals surface area (Å²) in [6, 6.07) is 5.90. The van der Waals surface area contributed by atoms with E-state index in [-0.39, 0.29) is 11.3 Å². The van der Waals surface area contributed by atoms with Crippen molar-refractivity contribution in [2.45, 2.75) is 45.8 Å². The number of hydrogen-bond donors (Lipinski definition) is 2. The summed E-state index contributed by atoms with van der Waals surface area (Å²) in [6.07, 6.45) is 1.44. The lowest BCUT2D eigenvalue weighted by Gasteiger charge is -2.14. The quantitative estimate of drug-likeness (QED) is 0.549. The summed E-state index contributed by atoms with van der Waals surface area (Å²) < 4.78 is 6.42. The van der Waals surface area contributed by atoms with Gasteiger partial charge in [-0.05, 0) is 19.4 Å². The van der Waals surface area contributed by atoms with E-state index in [9.17, 15) is 19.2 Å². The molecule has 9 nitrogen and oxygen atoms in total. The van der Waals surface area contributed by atoms with Crippen LogP contribution < -0.4 is 16.2 Å². The number of unbranched alkanes of at least 4 members (excludes halogenated alkanes) is 2. The number of carbonyl (C=O) groups is 3. The van der Waals surface area contributed by atoms with E-state index in [2.05, 4.69) is 10.4 Å². The Morgan fingerprint density at radius 1 is 1.18 bits per heavy atom. The smallest absolute Gasteiger partial charge is 0.360 e. The fourth-order valence-corrected chi connectivity index (χ4v) is 2.59. The summed E-state index contributed by atoms with van der Waals surface area (Å²) in [4.78, 5) is 48.4. The van der Waals surface area contributed by atoms with E-state index in [1.165, 1.54) is 18.7 Å². The van der Waals surface area contributed by atoms with E-state index in [4.69, 9.17) is 4.74 Å². The van der Waals surface area contributed by atoms with Crippen LogP contribution in [0.3, 0.4) is 0 Å². The molecule has 2 rings (SSSR count). The Labute approximate surface area is 162 Å². The summed E-state index contributed by atoms with van der Waals surface area (Å²) in [5, 5.41) is 9.15. The van der Waals surface area contributed by atoms with Crippen LogP contribution in [-0.2, 0) is 16.1 Å². The second-order valence-electron chi connectivity index (χ2n) is 6.25. The van der Waals surface area contributed by atoms with Crippen LogP contribution in [0.1, 0.15) is 43.6 Å². The monoisotopic (exact) mass is 388 g/mol. The van der Waals surface area contributed by atoms with Gasteiger partial charge in [0.1, 0.15) is 0 Å². The Bertz CT molecular complexity index is 938. The Morgan fingerprint density at radius 3 is 2.50 bits per heavy atom. The molecule has 0 bridgehead atoms. The fourth-order valence-electron chi connectivity index (χ4n) is 2.59. The second-order valence-corrected chi connectivity index (χ2v) is 6.25. The minimum atomic E-state index is -1.22. The summed E-state index contributed by atoms with van der Waals surface area (Å²) in [5.74, 6) is -1.62. The van der Waals surface area contributed by atoms with Gasteiger partial charge in [-0.2, -0.15) is 5.10 Å². The predicted octanol–water partition coefficient (Wildman–Crippen LogP) is 1.59. The van der Waals surface area contributed by atoms with E-state index < -0.39 is 24.0 Å². The van der Waals surface area contributed by atoms with E-state index >= 15 is 0 Å². The van der Waals surface area contributed by atoms with Crippen molar-refractivity contribution in [3.05, 3.63) is 40.3 Å². The number of imide groups is 1. The number of aromatic nitrogens is 2. The third kappa shape index (κ3) is 4.93. The van der Waals surface area contributed by atoms with Gasteiger partial charge in [0.2, 0.25) is 0 Å². The number of aryl methyl sites for hydroxylation is 1. The molecule has 0 spiro atoms. The normalized spacial score (nSPS) is 11.7. The molecule has 0 saturated heterocycles. The lowest BCUT2D eigenvalue weighted by molar-refractivity contribution is -0.127. The molecule has 1 aromatic carbocycles. The second kappa shape index (κ2) is 9.63. The molecule has 0 fully saturated rings. The number of nitrogens with zero attached hydrogens (tertiary/aromatic N) is 2. The van der Waals surface area contributed by atoms with Crippen LogP contribution in [0.25, 0.3) is 10.8 Å². The highest BCUT2D eigenvalue weighted by Crippen LogP contribution is 2.15. The van der Waals surface area contributed by atoms with Crippen LogP contribution in [0.5, 0.6) is 0 Å². The van der Waals surface area contributed by atoms with Gasteiger partial charge in [-0.25, -0.2) is 14.3 Å². The third-order valence-electron chi connectivity index (χ3n) is 4.15. The first-order valence-corrected chi connectivity index (χ1v) is 9.12. The van der Waals surface area contributed by atoms with Crippen LogP contribution in [0.15, 0.2) is 29.1 Å². The van der Waals surface area contributed by atoms with Crippen LogP contribution in [-0.4, -0.2) is 40.8 Å². The first-order valence-electron chi connectivity index (χ1n) is 9.12. The summed E-state index contributed by atoms with van der Waals surface area (Å²) in [5.41, 5.74) is -0.333. The standard InChI is InChI=1S/C19H24N4O5/c1-4-5-8-11-23-17(25)14-10-7-6-9-13(14)15(22-23)18(26)28-12(2)16(24)21-19(27)20-3/h6-7,9-10,12H,4-5,8,11H2,1-3H3,(H2,20,21,24,27)/t12-/m1/s1. The van der Waals surface area contributed by atoms with Gasteiger partial charge in [0.25, 0.3) is 11.5 Å². The molecule has 28 heavy (non-hydrogen) atoms. The van der Waals surface area contributed by atoms with Gasteiger partial charge >= 0.3 is 12.0 Å². The largest absolute Gasteiger partial charge is 0.448 e. The average Bonchev–Trinajstić information content (AvgIpc) is 2.69. The van der Waals surface area contributed by atoms with Crippen LogP contribution in [0.4, 0.5) is 4.79 Å². The molecule has 0 aliphatic heterocycles. The van der Waals surface area contributed by atoms with Crippen LogP contribution >= 0.6 is 0 Å². The van der Waals surface area contributed by atoms with Gasteiger partial charge in [-0.1, -0.05) is 38.0 Å². The van der Waals surface area contributed by atoms with Gasteiger partial charge in [0.05, 0.1) is 5.39 Å². The summed E-state index contributed by atoms with van der Waals surface area (Å²) >= 11 is 0. The number of amides is 3. The highest BCUT2D eigenvalue weighted by molar-refractivity contribution is 6.03. The number of esters is 1. The lowest BCUT2D eigenvalue weighted by Crippen LogP contribution is -2.43. The molecule has 9 heteroatoms. The highest BCUT2D eigenvalue weighted by atomic mass is 16.5. The molecule has 1 heterocycles. The Morgan fingerprint density at radius 2 is 1.86 bits per heavy atom. The molecule has 0 saturated carbocycles. The molecule has 2 N–H and O–H groups in total. The molecule has 3 amide bonds. The molecule has 0 unspecified atom stereocenters. The van der Waals surface area contributed by atoms with Crippen LogP contribution in [0, 0.1) is 0 Å². The Hall–Kier alpha value is -3.23. The van der Waals surface area contributed by atoms with Crippen molar-refractivity contribution in [1.82, 2.24) is 20.4 Å². The highest BCUT2D eigenvalue weighted by Gasteiger charge is 2.24. The molecule has 1 atom stereocenters. The first kappa shape index (κ1) is 21.1. The Kier molecular flexibility index (Phi) is 7.25. The number of urea groups is 1. The minimum Gasteiger partial charge on any atom is -0.448 e. The van der Waals surface area contributed by atoms with Crippen molar-refractivity contribution in [2.24, 2.45) is 0 Å². The lowest BCUT2D eigenvalue weighted by atomic mass is 10.1. The Balaban J connectivity index is 2.32. The zero-order valence-corrected chi connectivity index (χ0v) is 16.2. The minimum absolute atomic E-state index is 0.0497. The zero-order chi connectivity index (χ0) is 20.7. The number of hydrogen-bond acceptors (Lipinski definition) is 6. The topological polar surface area (TPSA) is 119 Å². The van der Waals surface area contributed by atoms with Gasteiger partial charge in [0.15, 0.2) is 11.8 Å². The maximum Gasteiger partial charge on any atom is 0.360 e. The van der Waals surface area contributed by atoms with Crippen molar-refractivity contribution in [3.8, 4) is 0 Å². The van der Waals surface area contributed by atoms with Gasteiger partial charge < -0.3 is 10.1 Å². The number of fused-ring (bicyclic) bond motifs is 1. The third-order valence-corrected chi connectivity index (χ3v) is 4.15. The maximum absolute atomic E-state index is 12.6. The number of nitrogens with one attached hydrogen (secondary N) is 2. The van der Waals surface area contributed by atoms with Crippen molar-refractivity contribution in [2.75, 3.05) is 7.05 Å². The van der Waals surface area contributed by atoms with Crippen molar-refractivity contribution < 1.29 is 19.1 Å². The number of ether oxygens (including phenoxy) is 1. The van der Waals surface area contributed by atoms with Gasteiger partial charge in [-0.15, -0.1) is 0 Å². The van der Waals surface area contributed by atoms with Gasteiger partial charge in [-0.3, -0.25) is 14.9 Å². The molecule has 2 aromatic rings. The fraction of sp³-hybridized carbons (Fsp3) is 0.421. The summed E-state index contributed by atoms with van der Waals surface area (Å²) in [6.45, 7) is 3.77. The number of rotatable bonds is 7. The predicted molar refractivity (Wildman–Crippen MR) is 103 cm³/mol. The van der Waals surface area contributed by atoms with E-state index in [1.54, 1.807) is 24.3 Å². The van der Waals surface area contributed by atoms with E-state index in [0.717, 1.165) is 19.3 Å². The van der Waals surface area contributed by atoms with Crippen molar-refractivity contribution >= 4 is 28.7 Å². The molecule has 0 aliphatic rings. The van der Waals surface area contributed by atoms with Crippen molar-refractivity contribution in [1.29, 1.82) is 0 Å². The molecule has 0 aliphatic carbocycles. The molecule has 150 valence electrons. The maximum atomic E-state index is 12.6. The zero-order valence-electron chi connectivity index (χ0n) is 16.2. The average molecular weight is 388 g/mol. The number of benzene rings is 1. The SMILES string of the molecule is CCCCCn1nc(C(=O)O[C@H](C)C(=O)NC(=O)NC)c2ccccc2c1=O. The van der Waals surface area contributed by atoms with E-state index in [1.807, 2.05) is 12.2 Å². The molecular formula is C19H24N4O5. The van der Waals surface area contributed by atoms with Gasteiger partial charge in [0, 0.05) is 19.0 Å². The van der Waals surface area contributed by atoms with Crippen molar-refractivity contribution in [3.63, 3.8) is 0 Å². The van der Waals surface area contributed by atoms with E-state index in [0.29, 0.717) is 17.3 Å². The molecule has 1 aromatic heterocycles. The molecular weight excluding hydrogens is 364 g/mol. The summed E-state index contributed by atoms with van der Waals surface area (Å²) in [7, 11) is 1.36. The van der Waals surface area contributed by atoms with Crippen LogP contribution in [0.2, 0.25) is 0 Å².